The molecule has 0 amide bonds. The maximum atomic E-state index is 9.17. The summed E-state index contributed by atoms with van der Waals surface area (Å²) in [6, 6.07) is 5.72. The summed E-state index contributed by atoms with van der Waals surface area (Å²) in [5.41, 5.74) is 1.75. The molecule has 0 spiro atoms. The predicted molar refractivity (Wildman–Crippen MR) is 119 cm³/mol. The molecule has 10 heteroatoms. The number of piperazine rings is 1. The Kier molecular flexibility index (Phi) is 6.38. The molecule has 0 saturated carbocycles. The number of aliphatic hydroxyl groups excluding tert-OH is 1. The Labute approximate surface area is 181 Å². The highest BCUT2D eigenvalue weighted by Gasteiger charge is 2.21. The molecular weight excluding hydrogens is 398 g/mol. The summed E-state index contributed by atoms with van der Waals surface area (Å²) >= 11 is 0. The smallest absolute Gasteiger partial charge is 0.229 e. The minimum Gasteiger partial charge on any atom is -0.497 e. The summed E-state index contributed by atoms with van der Waals surface area (Å²) in [4.78, 5) is 14.0. The molecule has 1 aromatic carbocycles. The first-order valence-corrected chi connectivity index (χ1v) is 10.4. The third-order valence-corrected chi connectivity index (χ3v) is 5.59. The van der Waals surface area contributed by atoms with Crippen molar-refractivity contribution in [3.8, 4) is 11.5 Å². The average Bonchev–Trinajstić information content (AvgIpc) is 3.18. The van der Waals surface area contributed by atoms with E-state index >= 15 is 0 Å². The molecule has 2 aromatic heterocycles. The number of fused-ring (bicyclic) bond motifs is 1. The van der Waals surface area contributed by atoms with E-state index in [9.17, 15) is 5.11 Å². The second kappa shape index (κ2) is 9.36. The van der Waals surface area contributed by atoms with Crippen LogP contribution in [0.2, 0.25) is 0 Å². The number of nitrogens with one attached hydrogen (secondary N) is 1. The molecule has 1 saturated heterocycles. The summed E-state index contributed by atoms with van der Waals surface area (Å²) in [6.45, 7) is 4.77. The minimum atomic E-state index is 0.180. The first kappa shape index (κ1) is 21.1. The lowest BCUT2D eigenvalue weighted by Gasteiger charge is -2.34. The number of nitrogens with zero attached hydrogens (tertiary/aromatic N) is 6. The van der Waals surface area contributed by atoms with Gasteiger partial charge in [0.1, 0.15) is 17.3 Å². The van der Waals surface area contributed by atoms with Gasteiger partial charge in [0.2, 0.25) is 5.95 Å². The standard InChI is InChI=1S/C21H29N7O3/c1-26-20-17(14-23-26)19(22-13-15-12-16(30-2)4-5-18(15)31-3)24-21(25-20)28-8-6-27(7-9-28)10-11-29/h4-5,12,14,29H,6-11,13H2,1-3H3,(H,22,24,25). The SMILES string of the molecule is COc1ccc(OC)c(CNc2nc(N3CCN(CCO)CC3)nc3c2cnn3C)c1. The van der Waals surface area contributed by atoms with Gasteiger partial charge in [-0.2, -0.15) is 15.1 Å². The Balaban J connectivity index is 1.59. The third-order valence-electron chi connectivity index (χ3n) is 5.59. The van der Waals surface area contributed by atoms with Gasteiger partial charge in [-0.25, -0.2) is 0 Å². The lowest BCUT2D eigenvalue weighted by molar-refractivity contribution is 0.188. The Morgan fingerprint density at radius 3 is 2.61 bits per heavy atom. The Morgan fingerprint density at radius 2 is 1.90 bits per heavy atom. The van der Waals surface area contributed by atoms with Crippen LogP contribution in [0.4, 0.5) is 11.8 Å². The molecule has 3 aromatic rings. The average molecular weight is 428 g/mol. The number of β-amino-alcohol motifs (C(OH)–C–C–N with tert-alkyl or cyclic N) is 1. The Morgan fingerprint density at radius 1 is 1.10 bits per heavy atom. The Hall–Kier alpha value is -3.11. The molecule has 3 heterocycles. The van der Waals surface area contributed by atoms with E-state index in [1.54, 1.807) is 25.1 Å². The van der Waals surface area contributed by atoms with E-state index < -0.39 is 0 Å². The quantitative estimate of drug-likeness (QED) is 0.547. The number of hydrogen-bond donors (Lipinski definition) is 2. The minimum absolute atomic E-state index is 0.180. The molecule has 1 aliphatic rings. The monoisotopic (exact) mass is 427 g/mol. The fourth-order valence-electron chi connectivity index (χ4n) is 3.80. The van der Waals surface area contributed by atoms with Crippen LogP contribution in [-0.2, 0) is 13.6 Å². The van der Waals surface area contributed by atoms with Crippen molar-refractivity contribution in [3.05, 3.63) is 30.0 Å². The van der Waals surface area contributed by atoms with Crippen LogP contribution in [0.25, 0.3) is 11.0 Å². The van der Waals surface area contributed by atoms with E-state index in [2.05, 4.69) is 20.2 Å². The number of rotatable bonds is 8. The molecule has 2 N–H and O–H groups in total. The number of aryl methyl sites for hydroxylation is 1. The maximum absolute atomic E-state index is 9.17. The predicted octanol–water partition coefficient (Wildman–Crippen LogP) is 1.11. The first-order chi connectivity index (χ1) is 15.1. The number of aliphatic hydroxyl groups is 1. The summed E-state index contributed by atoms with van der Waals surface area (Å²) < 4.78 is 12.6. The molecule has 0 unspecified atom stereocenters. The van der Waals surface area contributed by atoms with Gasteiger partial charge in [-0.3, -0.25) is 9.58 Å². The van der Waals surface area contributed by atoms with Gasteiger partial charge >= 0.3 is 0 Å². The lowest BCUT2D eigenvalue weighted by atomic mass is 10.2. The lowest BCUT2D eigenvalue weighted by Crippen LogP contribution is -2.47. The van der Waals surface area contributed by atoms with E-state index in [0.29, 0.717) is 19.0 Å². The topological polar surface area (TPSA) is 101 Å². The molecule has 0 atom stereocenters. The van der Waals surface area contributed by atoms with Crippen LogP contribution in [0.5, 0.6) is 11.5 Å². The molecular formula is C21H29N7O3. The maximum Gasteiger partial charge on any atom is 0.229 e. The second-order valence-electron chi connectivity index (χ2n) is 7.46. The van der Waals surface area contributed by atoms with Crippen LogP contribution < -0.4 is 19.7 Å². The second-order valence-corrected chi connectivity index (χ2v) is 7.46. The normalized spacial score (nSPS) is 14.8. The van der Waals surface area contributed by atoms with Gasteiger partial charge in [-0.1, -0.05) is 0 Å². The molecule has 166 valence electrons. The molecule has 0 bridgehead atoms. The van der Waals surface area contributed by atoms with Crippen LogP contribution in [0.15, 0.2) is 24.4 Å². The van der Waals surface area contributed by atoms with Crippen molar-refractivity contribution in [2.75, 3.05) is 63.8 Å². The first-order valence-electron chi connectivity index (χ1n) is 10.4. The van der Waals surface area contributed by atoms with Gasteiger partial charge in [0.05, 0.1) is 32.4 Å². The molecule has 31 heavy (non-hydrogen) atoms. The highest BCUT2D eigenvalue weighted by Crippen LogP contribution is 2.27. The van der Waals surface area contributed by atoms with E-state index in [0.717, 1.165) is 60.1 Å². The van der Waals surface area contributed by atoms with Gasteiger partial charge in [0, 0.05) is 51.9 Å². The fraction of sp³-hybridized carbons (Fsp3) is 0.476. The van der Waals surface area contributed by atoms with Gasteiger partial charge in [-0.15, -0.1) is 0 Å². The van der Waals surface area contributed by atoms with Crippen LogP contribution in [0.1, 0.15) is 5.56 Å². The third kappa shape index (κ3) is 4.49. The largest absolute Gasteiger partial charge is 0.497 e. The molecule has 0 aliphatic carbocycles. The number of aromatic nitrogens is 4. The van der Waals surface area contributed by atoms with E-state index in [4.69, 9.17) is 19.4 Å². The summed E-state index contributed by atoms with van der Waals surface area (Å²) in [5, 5.41) is 17.9. The van der Waals surface area contributed by atoms with Crippen molar-refractivity contribution < 1.29 is 14.6 Å². The van der Waals surface area contributed by atoms with E-state index in [1.807, 2.05) is 25.2 Å². The molecule has 10 nitrogen and oxygen atoms in total. The highest BCUT2D eigenvalue weighted by atomic mass is 16.5. The van der Waals surface area contributed by atoms with Crippen molar-refractivity contribution in [3.63, 3.8) is 0 Å². The molecule has 4 rings (SSSR count). The zero-order valence-corrected chi connectivity index (χ0v) is 18.2. The summed E-state index contributed by atoms with van der Waals surface area (Å²) in [5.74, 6) is 2.97. The van der Waals surface area contributed by atoms with Gasteiger partial charge < -0.3 is 24.8 Å². The van der Waals surface area contributed by atoms with Crippen LogP contribution >= 0.6 is 0 Å². The summed E-state index contributed by atoms with van der Waals surface area (Å²) in [6.07, 6.45) is 1.78. The van der Waals surface area contributed by atoms with Crippen LogP contribution in [0.3, 0.4) is 0 Å². The number of benzene rings is 1. The molecule has 0 radical (unpaired) electrons. The number of ether oxygens (including phenoxy) is 2. The van der Waals surface area contributed by atoms with Gasteiger partial charge in [0.15, 0.2) is 5.65 Å². The van der Waals surface area contributed by atoms with Gasteiger partial charge in [0.25, 0.3) is 0 Å². The van der Waals surface area contributed by atoms with Crippen LogP contribution in [-0.4, -0.2) is 83.3 Å². The molecule has 1 fully saturated rings. The van der Waals surface area contributed by atoms with Crippen LogP contribution in [0, 0.1) is 0 Å². The van der Waals surface area contributed by atoms with E-state index in [1.165, 1.54) is 0 Å². The zero-order chi connectivity index (χ0) is 21.8. The number of methoxy groups -OCH3 is 2. The zero-order valence-electron chi connectivity index (χ0n) is 18.2. The molecule has 1 aliphatic heterocycles. The van der Waals surface area contributed by atoms with E-state index in [-0.39, 0.29) is 6.61 Å². The fourth-order valence-corrected chi connectivity index (χ4v) is 3.80. The van der Waals surface area contributed by atoms with Crippen molar-refractivity contribution in [2.24, 2.45) is 7.05 Å². The highest BCUT2D eigenvalue weighted by molar-refractivity contribution is 5.87. The summed E-state index contributed by atoms with van der Waals surface area (Å²) in [7, 11) is 5.19. The Bertz CT molecular complexity index is 1030. The number of hydrogen-bond acceptors (Lipinski definition) is 9. The number of anilines is 2. The van der Waals surface area contributed by atoms with Crippen molar-refractivity contribution in [1.29, 1.82) is 0 Å². The van der Waals surface area contributed by atoms with Crippen molar-refractivity contribution in [1.82, 2.24) is 24.6 Å². The van der Waals surface area contributed by atoms with Crippen molar-refractivity contribution >= 4 is 22.8 Å². The van der Waals surface area contributed by atoms with Gasteiger partial charge in [-0.05, 0) is 18.2 Å². The van der Waals surface area contributed by atoms with Crippen molar-refractivity contribution in [2.45, 2.75) is 6.54 Å².